The lowest BCUT2D eigenvalue weighted by atomic mass is 10.00. The van der Waals surface area contributed by atoms with E-state index >= 15 is 0 Å². The van der Waals surface area contributed by atoms with Gasteiger partial charge in [0.05, 0.1) is 0 Å². The minimum atomic E-state index is -0.420. The maximum Gasteiger partial charge on any atom is 0.249 e. The predicted octanol–water partition coefficient (Wildman–Crippen LogP) is 3.22. The van der Waals surface area contributed by atoms with Crippen molar-refractivity contribution in [2.24, 2.45) is 0 Å². The lowest BCUT2D eigenvalue weighted by Crippen LogP contribution is -2.50. The second kappa shape index (κ2) is 9.52. The molecular formula is C28H27N3O4S. The molecule has 184 valence electrons. The molecule has 0 saturated carbocycles. The average molecular weight is 502 g/mol. The maximum atomic E-state index is 12.6. The first-order valence-corrected chi connectivity index (χ1v) is 13.2. The molecule has 3 aliphatic heterocycles. The van der Waals surface area contributed by atoms with Crippen molar-refractivity contribution in [2.45, 2.75) is 45.0 Å². The molecule has 0 bridgehead atoms. The minimum Gasteiger partial charge on any atom is -0.484 e. The zero-order valence-electron chi connectivity index (χ0n) is 19.9. The molecule has 1 fully saturated rings. The van der Waals surface area contributed by atoms with Crippen molar-refractivity contribution >= 4 is 28.9 Å². The smallest absolute Gasteiger partial charge is 0.249 e. The van der Waals surface area contributed by atoms with Crippen LogP contribution in [0.3, 0.4) is 0 Å². The van der Waals surface area contributed by atoms with E-state index in [1.807, 2.05) is 22.4 Å². The van der Waals surface area contributed by atoms with E-state index in [0.717, 1.165) is 42.8 Å². The Morgan fingerprint density at radius 2 is 1.83 bits per heavy atom. The molecule has 1 atom stereocenters. The van der Waals surface area contributed by atoms with Gasteiger partial charge in [-0.15, -0.1) is 11.3 Å². The number of hydrogen-bond acceptors (Lipinski definition) is 7. The fourth-order valence-electron chi connectivity index (χ4n) is 5.27. The molecule has 7 nitrogen and oxygen atoms in total. The van der Waals surface area contributed by atoms with Crippen LogP contribution in [0.5, 0.6) is 0 Å². The Balaban J connectivity index is 1.09. The molecule has 8 heteroatoms. The first kappa shape index (κ1) is 22.9. The number of carbonyl (C=O) groups excluding carboxylic acids is 3. The molecule has 1 unspecified atom stereocenters. The van der Waals surface area contributed by atoms with Crippen LogP contribution in [0.4, 0.5) is 0 Å². The minimum absolute atomic E-state index is 0.165. The highest BCUT2D eigenvalue weighted by Crippen LogP contribution is 2.33. The number of hydrogen-bond donors (Lipinski definition) is 1. The topological polar surface area (TPSA) is 79.0 Å². The van der Waals surface area contributed by atoms with Gasteiger partial charge < -0.3 is 9.64 Å². The van der Waals surface area contributed by atoms with Crippen LogP contribution in [0.15, 0.2) is 71.0 Å². The molecule has 0 radical (unpaired) electrons. The number of fused-ring (bicyclic) bond motifs is 2. The molecule has 4 heterocycles. The summed E-state index contributed by atoms with van der Waals surface area (Å²) in [6.07, 6.45) is 7.07. The molecule has 0 spiro atoms. The van der Waals surface area contributed by atoms with Gasteiger partial charge in [-0.3, -0.25) is 24.6 Å². The van der Waals surface area contributed by atoms with Gasteiger partial charge in [0.2, 0.25) is 17.6 Å². The Hall–Kier alpha value is -3.49. The van der Waals surface area contributed by atoms with Gasteiger partial charge >= 0.3 is 0 Å². The first-order valence-electron chi connectivity index (χ1n) is 12.3. The van der Waals surface area contributed by atoms with Gasteiger partial charge in [-0.2, -0.15) is 0 Å². The molecule has 1 aromatic carbocycles. The molecule has 4 aliphatic rings. The number of amides is 2. The van der Waals surface area contributed by atoms with Crippen LogP contribution in [0.25, 0.3) is 0 Å². The molecule has 36 heavy (non-hydrogen) atoms. The Morgan fingerprint density at radius 3 is 2.67 bits per heavy atom. The number of imide groups is 1. The molecule has 2 aromatic rings. The van der Waals surface area contributed by atoms with Crippen molar-refractivity contribution in [1.29, 1.82) is 0 Å². The van der Waals surface area contributed by atoms with E-state index < -0.39 is 6.04 Å². The highest BCUT2D eigenvalue weighted by atomic mass is 32.1. The van der Waals surface area contributed by atoms with Crippen molar-refractivity contribution in [1.82, 2.24) is 15.1 Å². The van der Waals surface area contributed by atoms with Crippen molar-refractivity contribution in [3.8, 4) is 0 Å². The molecule has 6 rings (SSSR count). The van der Waals surface area contributed by atoms with Crippen molar-refractivity contribution in [3.63, 3.8) is 0 Å². The van der Waals surface area contributed by atoms with Gasteiger partial charge in [0.1, 0.15) is 12.6 Å². The van der Waals surface area contributed by atoms with E-state index in [1.165, 1.54) is 22.1 Å². The summed E-state index contributed by atoms with van der Waals surface area (Å²) in [5.74, 6) is -0.359. The van der Waals surface area contributed by atoms with Crippen molar-refractivity contribution < 1.29 is 19.1 Å². The summed E-state index contributed by atoms with van der Waals surface area (Å²) in [5, 5.41) is 4.59. The Labute approximate surface area is 213 Å². The van der Waals surface area contributed by atoms with Gasteiger partial charge in [-0.05, 0) is 58.7 Å². The predicted molar refractivity (Wildman–Crippen MR) is 136 cm³/mol. The number of nitrogens with one attached hydrogen (secondary N) is 1. The summed E-state index contributed by atoms with van der Waals surface area (Å²) in [5.41, 5.74) is 5.38. The quantitative estimate of drug-likeness (QED) is 0.613. The van der Waals surface area contributed by atoms with E-state index in [2.05, 4.69) is 45.9 Å². The zero-order chi connectivity index (χ0) is 24.6. The highest BCUT2D eigenvalue weighted by Gasteiger charge is 2.36. The number of benzene rings is 1. The van der Waals surface area contributed by atoms with Crippen molar-refractivity contribution in [3.05, 3.63) is 92.5 Å². The normalized spacial score (nSPS) is 21.9. The fourth-order valence-corrected chi connectivity index (χ4v) is 6.16. The summed E-state index contributed by atoms with van der Waals surface area (Å²) >= 11 is 1.86. The standard InChI is InChI=1S/C28H27N3O4S/c32-24-7-5-20-15-31(23-6-8-26(33)29-28(23)34)16-22(20)27(24)35-17-19-3-1-18(2-4-19)13-30-11-9-25-21(14-30)10-12-36-25/h1-5,7,10,12,15,23H,6,8-9,11,13-14,16-17H2,(H,29,33,34). The molecule has 1 N–H and O–H groups in total. The van der Waals surface area contributed by atoms with Gasteiger partial charge in [0.25, 0.3) is 0 Å². The summed E-state index contributed by atoms with van der Waals surface area (Å²) in [7, 11) is 0. The van der Waals surface area contributed by atoms with Crippen LogP contribution in [0.1, 0.15) is 34.4 Å². The second-order valence-electron chi connectivity index (χ2n) is 9.66. The Morgan fingerprint density at radius 1 is 1.00 bits per heavy atom. The Kier molecular flexibility index (Phi) is 6.07. The third-order valence-corrected chi connectivity index (χ3v) is 8.24. The van der Waals surface area contributed by atoms with Crippen LogP contribution < -0.4 is 5.32 Å². The third-order valence-electron chi connectivity index (χ3n) is 7.22. The average Bonchev–Trinajstić information content (AvgIpc) is 3.51. The van der Waals surface area contributed by atoms with Crippen LogP contribution in [-0.4, -0.2) is 46.5 Å². The number of piperidine rings is 1. The fraction of sp³-hybridized carbons (Fsp3) is 0.321. The molecular weight excluding hydrogens is 474 g/mol. The molecule has 1 saturated heterocycles. The number of ketones is 1. The van der Waals surface area contributed by atoms with E-state index in [4.69, 9.17) is 4.74 Å². The van der Waals surface area contributed by atoms with E-state index in [9.17, 15) is 14.4 Å². The van der Waals surface area contributed by atoms with Gasteiger partial charge in [0, 0.05) is 49.3 Å². The summed E-state index contributed by atoms with van der Waals surface area (Å²) in [4.78, 5) is 42.3. The van der Waals surface area contributed by atoms with E-state index in [0.29, 0.717) is 31.8 Å². The van der Waals surface area contributed by atoms with Crippen molar-refractivity contribution in [2.75, 3.05) is 13.1 Å². The second-order valence-corrected chi connectivity index (χ2v) is 10.7. The lowest BCUT2D eigenvalue weighted by molar-refractivity contribution is -0.136. The molecule has 2 amide bonds. The number of carbonyl (C=O) groups is 3. The largest absolute Gasteiger partial charge is 0.484 e. The van der Waals surface area contributed by atoms with Gasteiger partial charge in [-0.25, -0.2) is 0 Å². The van der Waals surface area contributed by atoms with Crippen LogP contribution in [0, 0.1) is 0 Å². The van der Waals surface area contributed by atoms with Crippen LogP contribution >= 0.6 is 11.3 Å². The number of allylic oxidation sites excluding steroid dienone is 2. The third kappa shape index (κ3) is 4.54. The summed E-state index contributed by atoms with van der Waals surface area (Å²) in [6.45, 7) is 3.71. The number of ether oxygens (including phenoxy) is 1. The van der Waals surface area contributed by atoms with Crippen LogP contribution in [0.2, 0.25) is 0 Å². The van der Waals surface area contributed by atoms with Gasteiger partial charge in [-0.1, -0.05) is 24.3 Å². The Bertz CT molecular complexity index is 1320. The number of rotatable bonds is 6. The lowest BCUT2D eigenvalue weighted by Gasteiger charge is -2.29. The van der Waals surface area contributed by atoms with Gasteiger partial charge in [0.15, 0.2) is 5.76 Å². The molecule has 1 aromatic heterocycles. The summed E-state index contributed by atoms with van der Waals surface area (Å²) < 4.78 is 6.04. The summed E-state index contributed by atoms with van der Waals surface area (Å²) in [6, 6.07) is 10.2. The van der Waals surface area contributed by atoms with E-state index in [-0.39, 0.29) is 17.6 Å². The molecule has 1 aliphatic carbocycles. The van der Waals surface area contributed by atoms with E-state index in [1.54, 1.807) is 6.08 Å². The van der Waals surface area contributed by atoms with Crippen LogP contribution in [-0.2, 0) is 45.2 Å². The SMILES string of the molecule is O=C1CCC(N2C=C3C=CC(=O)C(OCc4ccc(CN5CCc6sccc6C5)cc4)=C3C2)C(=O)N1. The number of thiophene rings is 1. The zero-order valence-corrected chi connectivity index (χ0v) is 20.7. The highest BCUT2D eigenvalue weighted by molar-refractivity contribution is 7.10. The monoisotopic (exact) mass is 501 g/mol. The maximum absolute atomic E-state index is 12.6. The number of nitrogens with zero attached hydrogens (tertiary/aromatic N) is 2. The first-order chi connectivity index (χ1) is 17.5.